The minimum atomic E-state index is 0. The van der Waals surface area contributed by atoms with Crippen molar-refractivity contribution in [1.82, 2.24) is 10.6 Å². The molecule has 1 aromatic carbocycles. The van der Waals surface area contributed by atoms with Gasteiger partial charge in [0.25, 0.3) is 0 Å². The first-order chi connectivity index (χ1) is 8.81. The zero-order valence-electron chi connectivity index (χ0n) is 11.4. The van der Waals surface area contributed by atoms with Gasteiger partial charge in [0.2, 0.25) is 5.91 Å². The monoisotopic (exact) mass is 282 g/mol. The molecular weight excluding hydrogens is 260 g/mol. The van der Waals surface area contributed by atoms with Crippen molar-refractivity contribution in [3.63, 3.8) is 0 Å². The third-order valence-electron chi connectivity index (χ3n) is 3.58. The van der Waals surface area contributed by atoms with Gasteiger partial charge in [0.1, 0.15) is 0 Å². The molecule has 1 amide bonds. The second kappa shape index (κ2) is 8.18. The molecule has 0 aliphatic carbocycles. The van der Waals surface area contributed by atoms with Gasteiger partial charge in [-0.15, -0.1) is 12.4 Å². The van der Waals surface area contributed by atoms with Crippen LogP contribution in [0.4, 0.5) is 0 Å². The number of piperidine rings is 1. The average Bonchev–Trinajstić information content (AvgIpc) is 2.46. The molecule has 0 aromatic heterocycles. The molecular formula is C15H23ClN2O. The van der Waals surface area contributed by atoms with Crippen molar-refractivity contribution in [2.75, 3.05) is 6.54 Å². The fourth-order valence-corrected chi connectivity index (χ4v) is 2.46. The first-order valence-corrected chi connectivity index (χ1v) is 6.89. The van der Waals surface area contributed by atoms with Crippen molar-refractivity contribution in [2.24, 2.45) is 0 Å². The summed E-state index contributed by atoms with van der Waals surface area (Å²) in [6.07, 6.45) is 4.30. The maximum absolute atomic E-state index is 12.0. The Morgan fingerprint density at radius 1 is 1.32 bits per heavy atom. The number of hydrogen-bond donors (Lipinski definition) is 2. The molecule has 0 saturated carbocycles. The van der Waals surface area contributed by atoms with E-state index >= 15 is 0 Å². The summed E-state index contributed by atoms with van der Waals surface area (Å²) in [5, 5.41) is 6.31. The lowest BCUT2D eigenvalue weighted by Gasteiger charge is -2.22. The van der Waals surface area contributed by atoms with Crippen LogP contribution in [-0.2, 0) is 17.8 Å². The number of hydrogen-bond acceptors (Lipinski definition) is 2. The Bertz CT molecular complexity index is 403. The van der Waals surface area contributed by atoms with Crippen LogP contribution in [0.5, 0.6) is 0 Å². The highest BCUT2D eigenvalue weighted by atomic mass is 35.5. The van der Waals surface area contributed by atoms with Gasteiger partial charge in [-0.2, -0.15) is 0 Å². The number of halogens is 1. The summed E-state index contributed by atoms with van der Waals surface area (Å²) in [5.74, 6) is 0.139. The van der Waals surface area contributed by atoms with Gasteiger partial charge in [0, 0.05) is 6.54 Å². The molecule has 2 N–H and O–H groups in total. The first-order valence-electron chi connectivity index (χ1n) is 6.89. The van der Waals surface area contributed by atoms with E-state index in [-0.39, 0.29) is 24.4 Å². The molecule has 2 rings (SSSR count). The molecule has 0 radical (unpaired) electrons. The molecule has 3 nitrogen and oxygen atoms in total. The van der Waals surface area contributed by atoms with Gasteiger partial charge >= 0.3 is 0 Å². The van der Waals surface area contributed by atoms with E-state index in [1.165, 1.54) is 17.5 Å². The number of carbonyl (C=O) groups is 1. The third kappa shape index (κ3) is 4.51. The maximum atomic E-state index is 12.0. The Hall–Kier alpha value is -1.06. The van der Waals surface area contributed by atoms with E-state index in [1.54, 1.807) is 0 Å². The predicted octanol–water partition coefficient (Wildman–Crippen LogP) is 2.43. The molecule has 1 aliphatic rings. The van der Waals surface area contributed by atoms with Crippen LogP contribution in [0.25, 0.3) is 0 Å². The lowest BCUT2D eigenvalue weighted by molar-refractivity contribution is -0.123. The van der Waals surface area contributed by atoms with Gasteiger partial charge in [0.15, 0.2) is 0 Å². The Labute approximate surface area is 121 Å². The standard InChI is InChI=1S/C15H22N2O.ClH/c1-2-12-7-3-4-8-13(12)11-17-15(18)14-9-5-6-10-16-14;/h3-4,7-8,14,16H,2,5-6,9-11H2,1H3,(H,17,18);1H/t14-;/m0./s1. The van der Waals surface area contributed by atoms with Gasteiger partial charge in [-0.3, -0.25) is 4.79 Å². The fourth-order valence-electron chi connectivity index (χ4n) is 2.46. The fraction of sp³-hybridized carbons (Fsp3) is 0.533. The predicted molar refractivity (Wildman–Crippen MR) is 80.6 cm³/mol. The molecule has 0 unspecified atom stereocenters. The number of aryl methyl sites for hydroxylation is 1. The van der Waals surface area contributed by atoms with Crippen LogP contribution in [0.15, 0.2) is 24.3 Å². The minimum absolute atomic E-state index is 0. The molecule has 4 heteroatoms. The second-order valence-electron chi connectivity index (χ2n) is 4.84. The SMILES string of the molecule is CCc1ccccc1CNC(=O)[C@@H]1CCCCN1.Cl. The number of nitrogens with one attached hydrogen (secondary N) is 2. The Kier molecular flexibility index (Phi) is 6.89. The van der Waals surface area contributed by atoms with Gasteiger partial charge < -0.3 is 10.6 Å². The van der Waals surface area contributed by atoms with Crippen molar-refractivity contribution in [1.29, 1.82) is 0 Å². The van der Waals surface area contributed by atoms with Crippen LogP contribution < -0.4 is 10.6 Å². The van der Waals surface area contributed by atoms with E-state index in [4.69, 9.17) is 0 Å². The summed E-state index contributed by atoms with van der Waals surface area (Å²) in [6, 6.07) is 8.30. The van der Waals surface area contributed by atoms with Crippen molar-refractivity contribution < 1.29 is 4.79 Å². The highest BCUT2D eigenvalue weighted by molar-refractivity contribution is 5.85. The number of carbonyl (C=O) groups excluding carboxylic acids is 1. The summed E-state index contributed by atoms with van der Waals surface area (Å²) < 4.78 is 0. The topological polar surface area (TPSA) is 41.1 Å². The lowest BCUT2D eigenvalue weighted by Crippen LogP contribution is -2.46. The van der Waals surface area contributed by atoms with Crippen molar-refractivity contribution in [3.05, 3.63) is 35.4 Å². The molecule has 1 fully saturated rings. The van der Waals surface area contributed by atoms with Crippen molar-refractivity contribution >= 4 is 18.3 Å². The maximum Gasteiger partial charge on any atom is 0.237 e. The van der Waals surface area contributed by atoms with E-state index < -0.39 is 0 Å². The number of amides is 1. The smallest absolute Gasteiger partial charge is 0.237 e. The Balaban J connectivity index is 0.00000180. The van der Waals surface area contributed by atoms with Crippen molar-refractivity contribution in [2.45, 2.75) is 45.2 Å². The quantitative estimate of drug-likeness (QED) is 0.891. The molecule has 19 heavy (non-hydrogen) atoms. The molecule has 1 saturated heterocycles. The van der Waals surface area contributed by atoms with E-state index in [0.717, 1.165) is 25.8 Å². The Morgan fingerprint density at radius 2 is 2.05 bits per heavy atom. The number of rotatable bonds is 4. The van der Waals surface area contributed by atoms with Crippen LogP contribution in [0.1, 0.15) is 37.3 Å². The third-order valence-corrected chi connectivity index (χ3v) is 3.58. The molecule has 1 aliphatic heterocycles. The van der Waals surface area contributed by atoms with Crippen LogP contribution in [0.2, 0.25) is 0 Å². The van der Waals surface area contributed by atoms with E-state index in [2.05, 4.69) is 29.7 Å². The highest BCUT2D eigenvalue weighted by Crippen LogP contribution is 2.10. The van der Waals surface area contributed by atoms with Crippen LogP contribution in [0.3, 0.4) is 0 Å². The molecule has 1 aromatic rings. The van der Waals surface area contributed by atoms with Gasteiger partial charge in [0.05, 0.1) is 6.04 Å². The lowest BCUT2D eigenvalue weighted by atomic mass is 10.0. The highest BCUT2D eigenvalue weighted by Gasteiger charge is 2.19. The van der Waals surface area contributed by atoms with Crippen LogP contribution >= 0.6 is 12.4 Å². The summed E-state index contributed by atoms with van der Waals surface area (Å²) in [4.78, 5) is 12.0. The van der Waals surface area contributed by atoms with Gasteiger partial charge in [-0.25, -0.2) is 0 Å². The summed E-state index contributed by atoms with van der Waals surface area (Å²) in [5.41, 5.74) is 2.54. The van der Waals surface area contributed by atoms with Gasteiger partial charge in [-0.1, -0.05) is 37.6 Å². The zero-order valence-corrected chi connectivity index (χ0v) is 12.3. The average molecular weight is 283 g/mol. The normalized spacial score (nSPS) is 18.5. The summed E-state index contributed by atoms with van der Waals surface area (Å²) in [7, 11) is 0. The molecule has 106 valence electrons. The molecule has 0 bridgehead atoms. The molecule has 1 heterocycles. The van der Waals surface area contributed by atoms with Crippen LogP contribution in [-0.4, -0.2) is 18.5 Å². The largest absolute Gasteiger partial charge is 0.351 e. The van der Waals surface area contributed by atoms with E-state index in [1.807, 2.05) is 12.1 Å². The molecule has 1 atom stereocenters. The van der Waals surface area contributed by atoms with E-state index in [9.17, 15) is 4.79 Å². The first kappa shape index (κ1) is 16.0. The van der Waals surface area contributed by atoms with Crippen LogP contribution in [0, 0.1) is 0 Å². The van der Waals surface area contributed by atoms with Gasteiger partial charge in [-0.05, 0) is 36.9 Å². The molecule has 0 spiro atoms. The summed E-state index contributed by atoms with van der Waals surface area (Å²) >= 11 is 0. The number of benzene rings is 1. The van der Waals surface area contributed by atoms with E-state index in [0.29, 0.717) is 6.54 Å². The zero-order chi connectivity index (χ0) is 12.8. The van der Waals surface area contributed by atoms with Crippen molar-refractivity contribution in [3.8, 4) is 0 Å². The summed E-state index contributed by atoms with van der Waals surface area (Å²) in [6.45, 7) is 3.74. The second-order valence-corrected chi connectivity index (χ2v) is 4.84. The minimum Gasteiger partial charge on any atom is -0.351 e. The Morgan fingerprint density at radius 3 is 2.68 bits per heavy atom.